The predicted molar refractivity (Wildman–Crippen MR) is 80.3 cm³/mol. The van der Waals surface area contributed by atoms with Crippen LogP contribution in [0.4, 0.5) is 9.52 Å². The molecular formula is C15H15FN2OS. The van der Waals surface area contributed by atoms with Crippen molar-refractivity contribution in [3.63, 3.8) is 0 Å². The van der Waals surface area contributed by atoms with Gasteiger partial charge in [0.25, 0.3) is 0 Å². The van der Waals surface area contributed by atoms with Crippen molar-refractivity contribution in [3.8, 4) is 0 Å². The number of carbonyl (C=O) groups excluding carboxylic acids is 1. The molecule has 5 heteroatoms. The summed E-state index contributed by atoms with van der Waals surface area (Å²) in [6.45, 7) is 4.09. The Bertz CT molecular complexity index is 634. The third-order valence-corrected chi connectivity index (χ3v) is 3.40. The fraction of sp³-hybridized carbons (Fsp3) is 0.200. The molecule has 0 saturated carbocycles. The van der Waals surface area contributed by atoms with Crippen LogP contribution < -0.4 is 5.32 Å². The summed E-state index contributed by atoms with van der Waals surface area (Å²) in [5, 5.41) is 5.19. The first kappa shape index (κ1) is 14.4. The molecule has 0 saturated heterocycles. The minimum absolute atomic E-state index is 0.279. The molecule has 104 valence electrons. The lowest BCUT2D eigenvalue weighted by molar-refractivity contribution is -0.111. The van der Waals surface area contributed by atoms with E-state index in [9.17, 15) is 9.18 Å². The number of rotatable bonds is 4. The molecule has 1 aromatic carbocycles. The van der Waals surface area contributed by atoms with E-state index in [2.05, 4.69) is 10.3 Å². The fourth-order valence-corrected chi connectivity index (χ4v) is 2.41. The molecule has 0 atom stereocenters. The average molecular weight is 290 g/mol. The van der Waals surface area contributed by atoms with E-state index < -0.39 is 0 Å². The summed E-state index contributed by atoms with van der Waals surface area (Å²) >= 11 is 1.39. The smallest absolute Gasteiger partial charge is 0.250 e. The minimum atomic E-state index is -0.325. The number of carbonyl (C=O) groups is 1. The molecule has 0 unspecified atom stereocenters. The summed E-state index contributed by atoms with van der Waals surface area (Å²) in [5.41, 5.74) is 1.60. The highest BCUT2D eigenvalue weighted by Gasteiger charge is 2.06. The van der Waals surface area contributed by atoms with Gasteiger partial charge in [-0.15, -0.1) is 11.3 Å². The number of amides is 1. The Morgan fingerprint density at radius 2 is 2.25 bits per heavy atom. The molecule has 0 radical (unpaired) electrons. The van der Waals surface area contributed by atoms with Crippen LogP contribution in [-0.4, -0.2) is 10.9 Å². The molecule has 1 amide bonds. The van der Waals surface area contributed by atoms with Gasteiger partial charge in [-0.2, -0.15) is 0 Å². The monoisotopic (exact) mass is 290 g/mol. The van der Waals surface area contributed by atoms with Crippen LogP contribution in [0, 0.1) is 5.82 Å². The molecule has 20 heavy (non-hydrogen) atoms. The van der Waals surface area contributed by atoms with Crippen molar-refractivity contribution in [2.75, 3.05) is 5.32 Å². The van der Waals surface area contributed by atoms with Crippen LogP contribution in [0.3, 0.4) is 0 Å². The number of hydrogen-bond acceptors (Lipinski definition) is 3. The van der Waals surface area contributed by atoms with Gasteiger partial charge in [-0.05, 0) is 29.7 Å². The first-order valence-electron chi connectivity index (χ1n) is 6.24. The zero-order chi connectivity index (χ0) is 14.5. The second kappa shape index (κ2) is 6.43. The lowest BCUT2D eigenvalue weighted by Gasteiger charge is -1.98. The Balaban J connectivity index is 1.98. The Hall–Kier alpha value is -2.01. The number of halogens is 1. The summed E-state index contributed by atoms with van der Waals surface area (Å²) in [4.78, 5) is 16.0. The molecule has 0 aliphatic carbocycles. The van der Waals surface area contributed by atoms with Crippen LogP contribution in [0.25, 0.3) is 6.08 Å². The molecule has 1 aromatic heterocycles. The maximum absolute atomic E-state index is 13.0. The van der Waals surface area contributed by atoms with Gasteiger partial charge >= 0.3 is 0 Å². The molecule has 1 N–H and O–H groups in total. The van der Waals surface area contributed by atoms with Gasteiger partial charge < -0.3 is 0 Å². The van der Waals surface area contributed by atoms with Crippen molar-refractivity contribution in [2.45, 2.75) is 19.8 Å². The molecule has 1 heterocycles. The van der Waals surface area contributed by atoms with Crippen molar-refractivity contribution < 1.29 is 9.18 Å². The van der Waals surface area contributed by atoms with E-state index >= 15 is 0 Å². The number of aromatic nitrogens is 1. The highest BCUT2D eigenvalue weighted by Crippen LogP contribution is 2.21. The number of benzene rings is 1. The van der Waals surface area contributed by atoms with E-state index in [1.807, 2.05) is 19.2 Å². The van der Waals surface area contributed by atoms with Crippen LogP contribution >= 0.6 is 11.3 Å². The Kier molecular flexibility index (Phi) is 4.63. The third kappa shape index (κ3) is 3.99. The maximum Gasteiger partial charge on any atom is 0.250 e. The van der Waals surface area contributed by atoms with Crippen LogP contribution in [0.2, 0.25) is 0 Å². The average Bonchev–Trinajstić information content (AvgIpc) is 2.85. The lowest BCUT2D eigenvalue weighted by atomic mass is 10.2. The minimum Gasteiger partial charge on any atom is -0.298 e. The molecule has 0 spiro atoms. The molecule has 0 aliphatic heterocycles. The summed E-state index contributed by atoms with van der Waals surface area (Å²) in [7, 11) is 0. The lowest BCUT2D eigenvalue weighted by Crippen LogP contribution is -2.07. The number of nitrogens with one attached hydrogen (secondary N) is 1. The summed E-state index contributed by atoms with van der Waals surface area (Å²) in [5.74, 6) is -0.271. The molecular weight excluding hydrogens is 275 g/mol. The quantitative estimate of drug-likeness (QED) is 0.863. The first-order chi connectivity index (χ1) is 9.54. The van der Waals surface area contributed by atoms with Gasteiger partial charge in [0.1, 0.15) is 5.82 Å². The van der Waals surface area contributed by atoms with Crippen LogP contribution in [0.1, 0.15) is 31.0 Å². The zero-order valence-corrected chi connectivity index (χ0v) is 12.1. The molecule has 0 aliphatic rings. The maximum atomic E-state index is 13.0. The standard InChI is InChI=1S/C15H15FN2OS/c1-10(2)13-9-20-15(17-13)18-14(19)7-6-11-4-3-5-12(16)8-11/h3-10H,1-2H3,(H,17,18,19)/b7-6+. The van der Waals surface area contributed by atoms with E-state index in [0.29, 0.717) is 16.6 Å². The van der Waals surface area contributed by atoms with Gasteiger partial charge in [0, 0.05) is 11.5 Å². The number of anilines is 1. The Morgan fingerprint density at radius 3 is 2.90 bits per heavy atom. The van der Waals surface area contributed by atoms with Gasteiger partial charge in [0.05, 0.1) is 5.69 Å². The Labute approximate surface area is 121 Å². The predicted octanol–water partition coefficient (Wildman–Crippen LogP) is 4.06. The van der Waals surface area contributed by atoms with Crippen LogP contribution in [0.15, 0.2) is 35.7 Å². The first-order valence-corrected chi connectivity index (χ1v) is 7.12. The van der Waals surface area contributed by atoms with E-state index in [4.69, 9.17) is 0 Å². The molecule has 2 rings (SSSR count). The number of thiazole rings is 1. The summed E-state index contributed by atoms with van der Waals surface area (Å²) in [6.07, 6.45) is 2.93. The van der Waals surface area contributed by atoms with E-state index in [1.54, 1.807) is 18.2 Å². The highest BCUT2D eigenvalue weighted by molar-refractivity contribution is 7.14. The van der Waals surface area contributed by atoms with E-state index in [1.165, 1.54) is 29.5 Å². The van der Waals surface area contributed by atoms with Crippen molar-refractivity contribution in [1.82, 2.24) is 4.98 Å². The molecule has 3 nitrogen and oxygen atoms in total. The third-order valence-electron chi connectivity index (χ3n) is 2.62. The van der Waals surface area contributed by atoms with Crippen molar-refractivity contribution in [1.29, 1.82) is 0 Å². The van der Waals surface area contributed by atoms with Crippen molar-refractivity contribution >= 4 is 28.5 Å². The molecule has 0 bridgehead atoms. The van der Waals surface area contributed by atoms with Gasteiger partial charge in [0.2, 0.25) is 5.91 Å². The van der Waals surface area contributed by atoms with Crippen molar-refractivity contribution in [3.05, 3.63) is 52.8 Å². The number of hydrogen-bond donors (Lipinski definition) is 1. The second-order valence-electron chi connectivity index (χ2n) is 4.61. The van der Waals surface area contributed by atoms with Crippen molar-refractivity contribution in [2.24, 2.45) is 0 Å². The van der Waals surface area contributed by atoms with Crippen LogP contribution in [-0.2, 0) is 4.79 Å². The Morgan fingerprint density at radius 1 is 1.45 bits per heavy atom. The van der Waals surface area contributed by atoms with Gasteiger partial charge in [-0.25, -0.2) is 9.37 Å². The van der Waals surface area contributed by atoms with Gasteiger partial charge in [0.15, 0.2) is 5.13 Å². The van der Waals surface area contributed by atoms with E-state index in [-0.39, 0.29) is 11.7 Å². The zero-order valence-electron chi connectivity index (χ0n) is 11.3. The van der Waals surface area contributed by atoms with Crippen LogP contribution in [0.5, 0.6) is 0 Å². The molecule has 0 fully saturated rings. The second-order valence-corrected chi connectivity index (χ2v) is 5.47. The SMILES string of the molecule is CC(C)c1csc(NC(=O)/C=C/c2cccc(F)c2)n1. The highest BCUT2D eigenvalue weighted by atomic mass is 32.1. The van der Waals surface area contributed by atoms with Gasteiger partial charge in [-0.1, -0.05) is 26.0 Å². The van der Waals surface area contributed by atoms with Gasteiger partial charge in [-0.3, -0.25) is 10.1 Å². The molecule has 2 aromatic rings. The van der Waals surface area contributed by atoms with E-state index in [0.717, 1.165) is 5.69 Å². The largest absolute Gasteiger partial charge is 0.298 e. The summed E-state index contributed by atoms with van der Waals surface area (Å²) in [6, 6.07) is 6.06. The summed E-state index contributed by atoms with van der Waals surface area (Å²) < 4.78 is 13.0. The fourth-order valence-electron chi connectivity index (χ4n) is 1.54. The topological polar surface area (TPSA) is 42.0 Å². The number of nitrogens with zero attached hydrogens (tertiary/aromatic N) is 1. The normalized spacial score (nSPS) is 11.2.